The van der Waals surface area contributed by atoms with Crippen LogP contribution in [0, 0.1) is 0 Å². The molecule has 0 aliphatic carbocycles. The predicted molar refractivity (Wildman–Crippen MR) is 90.9 cm³/mol. The van der Waals surface area contributed by atoms with E-state index in [2.05, 4.69) is 27.6 Å². The molecular weight excluding hydrogens is 316 g/mol. The first kappa shape index (κ1) is 15.4. The topological polar surface area (TPSA) is 59.8 Å². The third-order valence-electron chi connectivity index (χ3n) is 3.48. The van der Waals surface area contributed by atoms with Gasteiger partial charge in [-0.05, 0) is 35.6 Å². The van der Waals surface area contributed by atoms with E-state index in [1.807, 2.05) is 42.7 Å². The predicted octanol–water partition coefficient (Wildman–Crippen LogP) is 2.61. The third kappa shape index (κ3) is 3.64. The summed E-state index contributed by atoms with van der Waals surface area (Å²) in [5.74, 6) is 3.09. The Hall–Kier alpha value is -1.47. The summed E-state index contributed by atoms with van der Waals surface area (Å²) < 4.78 is 2.30. The lowest BCUT2D eigenvalue weighted by molar-refractivity contribution is 0.0949. The third-order valence-corrected chi connectivity index (χ3v) is 6.50. The van der Waals surface area contributed by atoms with Gasteiger partial charge in [0.1, 0.15) is 6.33 Å². The van der Waals surface area contributed by atoms with Crippen molar-refractivity contribution in [2.75, 3.05) is 11.5 Å². The summed E-state index contributed by atoms with van der Waals surface area (Å²) in [5.41, 5.74) is 1.97. The molecule has 0 unspecified atom stereocenters. The molecule has 1 amide bonds. The molecule has 0 radical (unpaired) electrons. The van der Waals surface area contributed by atoms with Crippen molar-refractivity contribution in [3.8, 4) is 0 Å². The zero-order valence-electron chi connectivity index (χ0n) is 12.4. The van der Waals surface area contributed by atoms with Crippen LogP contribution in [-0.2, 0) is 13.6 Å². The van der Waals surface area contributed by atoms with Crippen LogP contribution in [0.2, 0.25) is 0 Å². The largest absolute Gasteiger partial charge is 0.345 e. The average molecular weight is 334 g/mol. The molecule has 0 bridgehead atoms. The normalized spacial score (nSPS) is 15.7. The van der Waals surface area contributed by atoms with Gasteiger partial charge >= 0.3 is 0 Å². The van der Waals surface area contributed by atoms with E-state index in [1.54, 1.807) is 10.9 Å². The first-order chi connectivity index (χ1) is 10.7. The van der Waals surface area contributed by atoms with Crippen LogP contribution in [-0.4, -0.2) is 32.2 Å². The number of aromatic nitrogens is 3. The van der Waals surface area contributed by atoms with Crippen molar-refractivity contribution in [2.45, 2.75) is 17.5 Å². The molecule has 1 aliphatic rings. The van der Waals surface area contributed by atoms with Gasteiger partial charge < -0.3 is 9.88 Å². The first-order valence-corrected chi connectivity index (χ1v) is 9.28. The molecule has 0 saturated carbocycles. The summed E-state index contributed by atoms with van der Waals surface area (Å²) in [6.45, 7) is 0.380. The Morgan fingerprint density at radius 2 is 2.05 bits per heavy atom. The van der Waals surface area contributed by atoms with Gasteiger partial charge in [-0.25, -0.2) is 0 Å². The molecule has 22 heavy (non-hydrogen) atoms. The molecule has 1 aromatic heterocycles. The monoisotopic (exact) mass is 334 g/mol. The van der Waals surface area contributed by atoms with Gasteiger partial charge in [0.25, 0.3) is 5.91 Å². The number of hydrogen-bond acceptors (Lipinski definition) is 5. The van der Waals surface area contributed by atoms with E-state index in [0.29, 0.717) is 16.7 Å². The summed E-state index contributed by atoms with van der Waals surface area (Å²) in [6.07, 6.45) is 2.91. The molecular formula is C15H18N4OS2. The summed E-state index contributed by atoms with van der Waals surface area (Å²) in [7, 11) is 1.86. The second-order valence-electron chi connectivity index (χ2n) is 5.09. The van der Waals surface area contributed by atoms with E-state index in [0.717, 1.165) is 5.82 Å². The van der Waals surface area contributed by atoms with Gasteiger partial charge in [0.05, 0.1) is 11.1 Å². The SMILES string of the molecule is Cn1cnnc1CNC(=O)c1ccc(C2SCCCS2)cc1. The molecule has 2 aromatic rings. The van der Waals surface area contributed by atoms with Crippen molar-refractivity contribution in [3.63, 3.8) is 0 Å². The van der Waals surface area contributed by atoms with Gasteiger partial charge in [0.2, 0.25) is 0 Å². The second kappa shape index (κ2) is 7.19. The van der Waals surface area contributed by atoms with Crippen molar-refractivity contribution < 1.29 is 4.79 Å². The summed E-state index contributed by atoms with van der Waals surface area (Å²) in [6, 6.07) is 7.93. The van der Waals surface area contributed by atoms with E-state index in [9.17, 15) is 4.79 Å². The maximum Gasteiger partial charge on any atom is 0.251 e. The van der Waals surface area contributed by atoms with E-state index in [-0.39, 0.29) is 5.91 Å². The molecule has 1 N–H and O–H groups in total. The van der Waals surface area contributed by atoms with Crippen LogP contribution in [0.5, 0.6) is 0 Å². The molecule has 1 aromatic carbocycles. The first-order valence-electron chi connectivity index (χ1n) is 7.18. The number of benzene rings is 1. The minimum atomic E-state index is -0.0847. The number of amides is 1. The summed E-state index contributed by atoms with van der Waals surface area (Å²) in [4.78, 5) is 12.2. The van der Waals surface area contributed by atoms with Gasteiger partial charge in [0.15, 0.2) is 5.82 Å². The Bertz CT molecular complexity index is 635. The summed E-state index contributed by atoms with van der Waals surface area (Å²) >= 11 is 3.97. The Morgan fingerprint density at radius 3 is 2.68 bits per heavy atom. The lowest BCUT2D eigenvalue weighted by atomic mass is 10.1. The molecule has 1 aliphatic heterocycles. The highest BCUT2D eigenvalue weighted by molar-refractivity contribution is 8.16. The van der Waals surface area contributed by atoms with Crippen LogP contribution in [0.1, 0.15) is 32.7 Å². The second-order valence-corrected chi connectivity index (χ2v) is 7.81. The highest BCUT2D eigenvalue weighted by Gasteiger charge is 2.17. The average Bonchev–Trinajstić information content (AvgIpc) is 2.99. The number of carbonyl (C=O) groups excluding carboxylic acids is 1. The van der Waals surface area contributed by atoms with Crippen LogP contribution in [0.3, 0.4) is 0 Å². The maximum absolute atomic E-state index is 12.2. The Labute approximate surface area is 138 Å². The molecule has 0 spiro atoms. The van der Waals surface area contributed by atoms with Gasteiger partial charge in [-0.15, -0.1) is 33.7 Å². The van der Waals surface area contributed by atoms with Crippen molar-refractivity contribution in [3.05, 3.63) is 47.5 Å². The van der Waals surface area contributed by atoms with Gasteiger partial charge in [0, 0.05) is 12.6 Å². The molecule has 116 valence electrons. The van der Waals surface area contributed by atoms with E-state index >= 15 is 0 Å². The van der Waals surface area contributed by atoms with E-state index in [4.69, 9.17) is 0 Å². The zero-order valence-corrected chi connectivity index (χ0v) is 14.0. The van der Waals surface area contributed by atoms with Crippen molar-refractivity contribution in [2.24, 2.45) is 7.05 Å². The Morgan fingerprint density at radius 1 is 1.32 bits per heavy atom. The lowest BCUT2D eigenvalue weighted by Gasteiger charge is -2.21. The highest BCUT2D eigenvalue weighted by Crippen LogP contribution is 2.43. The minimum Gasteiger partial charge on any atom is -0.345 e. The number of carbonyl (C=O) groups is 1. The number of hydrogen-bond donors (Lipinski definition) is 1. The van der Waals surface area contributed by atoms with Gasteiger partial charge in [-0.3, -0.25) is 4.79 Å². The van der Waals surface area contributed by atoms with Crippen LogP contribution >= 0.6 is 23.5 Å². The molecule has 0 atom stereocenters. The fraction of sp³-hybridized carbons (Fsp3) is 0.400. The molecule has 2 heterocycles. The fourth-order valence-electron chi connectivity index (χ4n) is 2.20. The van der Waals surface area contributed by atoms with Gasteiger partial charge in [-0.2, -0.15) is 0 Å². The Kier molecular flexibility index (Phi) is 5.04. The van der Waals surface area contributed by atoms with Crippen LogP contribution in [0.4, 0.5) is 0 Å². The van der Waals surface area contributed by atoms with E-state index in [1.165, 1.54) is 23.5 Å². The van der Waals surface area contributed by atoms with Crippen molar-refractivity contribution in [1.29, 1.82) is 0 Å². The number of rotatable bonds is 4. The molecule has 1 saturated heterocycles. The number of thioether (sulfide) groups is 2. The molecule has 5 nitrogen and oxygen atoms in total. The zero-order chi connectivity index (χ0) is 15.4. The quantitative estimate of drug-likeness (QED) is 0.931. The minimum absolute atomic E-state index is 0.0847. The summed E-state index contributed by atoms with van der Waals surface area (Å²) in [5, 5.41) is 10.6. The van der Waals surface area contributed by atoms with Crippen molar-refractivity contribution >= 4 is 29.4 Å². The van der Waals surface area contributed by atoms with E-state index < -0.39 is 0 Å². The molecule has 7 heteroatoms. The Balaban J connectivity index is 1.59. The smallest absolute Gasteiger partial charge is 0.251 e. The lowest BCUT2D eigenvalue weighted by Crippen LogP contribution is -2.24. The standard InChI is InChI=1S/C15H18N4OS2/c1-19-10-17-18-13(19)9-16-14(20)11-3-5-12(6-4-11)15-21-7-2-8-22-15/h3-6,10,15H,2,7-9H2,1H3,(H,16,20). The number of nitrogens with zero attached hydrogens (tertiary/aromatic N) is 3. The van der Waals surface area contributed by atoms with Crippen molar-refractivity contribution in [1.82, 2.24) is 20.1 Å². The van der Waals surface area contributed by atoms with Crippen LogP contribution in [0.15, 0.2) is 30.6 Å². The molecule has 1 fully saturated rings. The number of aryl methyl sites for hydroxylation is 1. The van der Waals surface area contributed by atoms with Crippen LogP contribution < -0.4 is 5.32 Å². The fourth-order valence-corrected chi connectivity index (χ4v) is 5.09. The number of nitrogens with one attached hydrogen (secondary N) is 1. The van der Waals surface area contributed by atoms with Gasteiger partial charge in [-0.1, -0.05) is 12.1 Å². The molecule has 3 rings (SSSR count). The van der Waals surface area contributed by atoms with Crippen LogP contribution in [0.25, 0.3) is 0 Å². The maximum atomic E-state index is 12.2. The highest BCUT2D eigenvalue weighted by atomic mass is 32.2.